The standard InChI is InChI=1S/C18H26N4O/c1-13-8-16(21(3)4)9-14(2)17(13)10-18(23)20-7-6-15-11-19-12-22(15)5/h8-9,11-12H,6-7,10H2,1-5H3,(H,20,23). The molecule has 0 fully saturated rings. The first-order valence-electron chi connectivity index (χ1n) is 7.88. The van der Waals surface area contributed by atoms with Crippen LogP contribution < -0.4 is 10.2 Å². The van der Waals surface area contributed by atoms with Gasteiger partial charge in [0, 0.05) is 51.7 Å². The third-order valence-electron chi connectivity index (χ3n) is 4.15. The van der Waals surface area contributed by atoms with Crippen LogP contribution in [0.3, 0.4) is 0 Å². The number of hydrogen-bond acceptors (Lipinski definition) is 3. The van der Waals surface area contributed by atoms with Crippen molar-refractivity contribution in [1.82, 2.24) is 14.9 Å². The average molecular weight is 314 g/mol. The van der Waals surface area contributed by atoms with Crippen LogP contribution in [0, 0.1) is 13.8 Å². The van der Waals surface area contributed by atoms with Crippen LogP contribution in [0.15, 0.2) is 24.7 Å². The van der Waals surface area contributed by atoms with Gasteiger partial charge in [0.05, 0.1) is 12.7 Å². The topological polar surface area (TPSA) is 50.2 Å². The number of aromatic nitrogens is 2. The Labute approximate surface area is 138 Å². The normalized spacial score (nSPS) is 10.7. The van der Waals surface area contributed by atoms with E-state index in [1.165, 1.54) is 5.69 Å². The molecule has 1 aromatic carbocycles. The Balaban J connectivity index is 1.94. The summed E-state index contributed by atoms with van der Waals surface area (Å²) in [5.41, 5.74) is 5.73. The third-order valence-corrected chi connectivity index (χ3v) is 4.15. The van der Waals surface area contributed by atoms with Gasteiger partial charge in [0.2, 0.25) is 5.91 Å². The van der Waals surface area contributed by atoms with Gasteiger partial charge in [-0.1, -0.05) is 0 Å². The Kier molecular flexibility index (Phi) is 5.42. The van der Waals surface area contributed by atoms with Crippen LogP contribution >= 0.6 is 0 Å². The predicted molar refractivity (Wildman–Crippen MR) is 93.9 cm³/mol. The molecule has 0 spiro atoms. The zero-order chi connectivity index (χ0) is 17.0. The first kappa shape index (κ1) is 17.1. The van der Waals surface area contributed by atoms with Gasteiger partial charge < -0.3 is 14.8 Å². The summed E-state index contributed by atoms with van der Waals surface area (Å²) >= 11 is 0. The summed E-state index contributed by atoms with van der Waals surface area (Å²) in [6, 6.07) is 4.26. The fourth-order valence-electron chi connectivity index (χ4n) is 2.69. The summed E-state index contributed by atoms with van der Waals surface area (Å²) in [6.07, 6.45) is 4.83. The number of anilines is 1. The largest absolute Gasteiger partial charge is 0.378 e. The molecule has 0 atom stereocenters. The molecule has 5 heteroatoms. The number of nitrogens with one attached hydrogen (secondary N) is 1. The van der Waals surface area contributed by atoms with Gasteiger partial charge in [0.25, 0.3) is 0 Å². The van der Waals surface area contributed by atoms with Crippen LogP contribution in [0.1, 0.15) is 22.4 Å². The second-order valence-electron chi connectivity index (χ2n) is 6.23. The number of rotatable bonds is 6. The second-order valence-corrected chi connectivity index (χ2v) is 6.23. The van der Waals surface area contributed by atoms with Gasteiger partial charge in [-0.15, -0.1) is 0 Å². The molecule has 0 aliphatic heterocycles. The van der Waals surface area contributed by atoms with Crippen molar-refractivity contribution in [3.63, 3.8) is 0 Å². The Bertz CT molecular complexity index is 665. The van der Waals surface area contributed by atoms with E-state index in [1.807, 2.05) is 31.9 Å². The maximum absolute atomic E-state index is 12.2. The minimum absolute atomic E-state index is 0.0657. The highest BCUT2D eigenvalue weighted by Gasteiger charge is 2.11. The molecule has 1 aromatic heterocycles. The van der Waals surface area contributed by atoms with E-state index in [-0.39, 0.29) is 5.91 Å². The van der Waals surface area contributed by atoms with Crippen molar-refractivity contribution < 1.29 is 4.79 Å². The van der Waals surface area contributed by atoms with Gasteiger partial charge in [-0.05, 0) is 42.7 Å². The smallest absolute Gasteiger partial charge is 0.224 e. The molecule has 0 aliphatic rings. The number of nitrogens with zero attached hydrogens (tertiary/aromatic N) is 3. The minimum Gasteiger partial charge on any atom is -0.378 e. The SMILES string of the molecule is Cc1cc(N(C)C)cc(C)c1CC(=O)NCCc1cncn1C. The predicted octanol–water partition coefficient (Wildman–Crippen LogP) is 2.00. The van der Waals surface area contributed by atoms with E-state index in [1.54, 1.807) is 6.33 Å². The van der Waals surface area contributed by atoms with Crippen molar-refractivity contribution in [3.05, 3.63) is 47.0 Å². The third kappa shape index (κ3) is 4.34. The molecule has 1 amide bonds. The van der Waals surface area contributed by atoms with Gasteiger partial charge in [0.15, 0.2) is 0 Å². The number of carbonyl (C=O) groups excluding carboxylic acids is 1. The van der Waals surface area contributed by atoms with Crippen LogP contribution in [0.2, 0.25) is 0 Å². The van der Waals surface area contributed by atoms with Crippen molar-refractivity contribution in [2.75, 3.05) is 25.5 Å². The zero-order valence-corrected chi connectivity index (χ0v) is 14.7. The molecule has 23 heavy (non-hydrogen) atoms. The molecule has 0 bridgehead atoms. The zero-order valence-electron chi connectivity index (χ0n) is 14.7. The number of hydrogen-bond donors (Lipinski definition) is 1. The summed E-state index contributed by atoms with van der Waals surface area (Å²) in [5.74, 6) is 0.0657. The lowest BCUT2D eigenvalue weighted by atomic mass is 9.98. The average Bonchev–Trinajstić information content (AvgIpc) is 2.88. The molecule has 2 rings (SSSR count). The van der Waals surface area contributed by atoms with E-state index in [0.29, 0.717) is 13.0 Å². The Morgan fingerprint density at radius 1 is 1.26 bits per heavy atom. The van der Waals surface area contributed by atoms with Gasteiger partial charge in [-0.25, -0.2) is 4.98 Å². The fourth-order valence-corrected chi connectivity index (χ4v) is 2.69. The molecule has 1 N–H and O–H groups in total. The second kappa shape index (κ2) is 7.31. The summed E-state index contributed by atoms with van der Waals surface area (Å²) in [6.45, 7) is 4.77. The van der Waals surface area contributed by atoms with Gasteiger partial charge in [0.1, 0.15) is 0 Å². The fraction of sp³-hybridized carbons (Fsp3) is 0.444. The van der Waals surface area contributed by atoms with E-state index in [9.17, 15) is 4.79 Å². The molecular weight excluding hydrogens is 288 g/mol. The van der Waals surface area contributed by atoms with Crippen LogP contribution in [-0.2, 0) is 24.7 Å². The van der Waals surface area contributed by atoms with Crippen LogP contribution in [0.25, 0.3) is 0 Å². The van der Waals surface area contributed by atoms with Crippen molar-refractivity contribution in [3.8, 4) is 0 Å². The Morgan fingerprint density at radius 2 is 1.91 bits per heavy atom. The molecule has 1 heterocycles. The van der Waals surface area contributed by atoms with Gasteiger partial charge in [-0.3, -0.25) is 4.79 Å². The lowest BCUT2D eigenvalue weighted by Crippen LogP contribution is -2.28. The number of benzene rings is 1. The van der Waals surface area contributed by atoms with Crippen molar-refractivity contribution in [2.24, 2.45) is 7.05 Å². The van der Waals surface area contributed by atoms with Gasteiger partial charge in [-0.2, -0.15) is 0 Å². The number of aryl methyl sites for hydroxylation is 3. The van der Waals surface area contributed by atoms with E-state index >= 15 is 0 Å². The monoisotopic (exact) mass is 314 g/mol. The molecular formula is C18H26N4O. The highest BCUT2D eigenvalue weighted by Crippen LogP contribution is 2.22. The van der Waals surface area contributed by atoms with Crippen molar-refractivity contribution in [2.45, 2.75) is 26.7 Å². The van der Waals surface area contributed by atoms with Crippen molar-refractivity contribution in [1.29, 1.82) is 0 Å². The molecule has 0 saturated carbocycles. The van der Waals surface area contributed by atoms with E-state index in [4.69, 9.17) is 0 Å². The lowest BCUT2D eigenvalue weighted by Gasteiger charge is -2.17. The molecule has 0 aliphatic carbocycles. The maximum Gasteiger partial charge on any atom is 0.224 e. The van der Waals surface area contributed by atoms with E-state index in [2.05, 4.69) is 41.2 Å². The van der Waals surface area contributed by atoms with Crippen molar-refractivity contribution >= 4 is 11.6 Å². The molecule has 0 saturated heterocycles. The lowest BCUT2D eigenvalue weighted by molar-refractivity contribution is -0.120. The highest BCUT2D eigenvalue weighted by atomic mass is 16.1. The quantitative estimate of drug-likeness (QED) is 0.887. The Hall–Kier alpha value is -2.30. The molecule has 5 nitrogen and oxygen atoms in total. The van der Waals surface area contributed by atoms with E-state index < -0.39 is 0 Å². The number of imidazole rings is 1. The highest BCUT2D eigenvalue weighted by molar-refractivity contribution is 5.79. The molecule has 0 unspecified atom stereocenters. The first-order valence-corrected chi connectivity index (χ1v) is 7.88. The number of carbonyl (C=O) groups is 1. The maximum atomic E-state index is 12.2. The molecule has 2 aromatic rings. The van der Waals surface area contributed by atoms with Crippen LogP contribution in [-0.4, -0.2) is 36.1 Å². The molecule has 0 radical (unpaired) electrons. The Morgan fingerprint density at radius 3 is 2.43 bits per heavy atom. The summed E-state index contributed by atoms with van der Waals surface area (Å²) in [5, 5.41) is 3.00. The van der Waals surface area contributed by atoms with Crippen LogP contribution in [0.5, 0.6) is 0 Å². The van der Waals surface area contributed by atoms with Gasteiger partial charge >= 0.3 is 0 Å². The molecule has 124 valence electrons. The first-order chi connectivity index (χ1) is 10.9. The summed E-state index contributed by atoms with van der Waals surface area (Å²) < 4.78 is 1.97. The van der Waals surface area contributed by atoms with Crippen LogP contribution in [0.4, 0.5) is 5.69 Å². The minimum atomic E-state index is 0.0657. The summed E-state index contributed by atoms with van der Waals surface area (Å²) in [7, 11) is 6.02. The summed E-state index contributed by atoms with van der Waals surface area (Å²) in [4.78, 5) is 18.4. The van der Waals surface area contributed by atoms with E-state index in [0.717, 1.165) is 28.8 Å². The number of amides is 1.